The third-order valence-corrected chi connectivity index (χ3v) is 4.31. The standard InChI is InChI=1S/C12H18ClN3OS.ClH/c1-9-6-14-4-5-16(9)8-12(17)15-7-10-2-3-11(13)18-10;/h2-3,9,14H,4-8H2,1H3,(H,15,17);1H/t9-;/m0./s1. The van der Waals surface area contributed by atoms with Gasteiger partial charge in [0.1, 0.15) is 0 Å². The minimum Gasteiger partial charge on any atom is -0.350 e. The van der Waals surface area contributed by atoms with Gasteiger partial charge in [-0.1, -0.05) is 11.6 Å². The van der Waals surface area contributed by atoms with Crippen LogP contribution in [0.3, 0.4) is 0 Å². The number of nitrogens with zero attached hydrogens (tertiary/aromatic N) is 1. The molecule has 1 atom stereocenters. The molecule has 0 saturated carbocycles. The van der Waals surface area contributed by atoms with Crippen molar-refractivity contribution in [3.8, 4) is 0 Å². The SMILES string of the molecule is C[C@H]1CNCCN1CC(=O)NCc1ccc(Cl)s1.Cl. The van der Waals surface area contributed by atoms with Crippen molar-refractivity contribution in [2.75, 3.05) is 26.2 Å². The summed E-state index contributed by atoms with van der Waals surface area (Å²) in [6.45, 7) is 6.02. The molecule has 0 aliphatic carbocycles. The summed E-state index contributed by atoms with van der Waals surface area (Å²) in [7, 11) is 0. The predicted octanol–water partition coefficient (Wildman–Crippen LogP) is 1.73. The van der Waals surface area contributed by atoms with E-state index in [1.165, 1.54) is 11.3 Å². The second-order valence-corrected chi connectivity index (χ2v) is 6.31. The van der Waals surface area contributed by atoms with E-state index in [-0.39, 0.29) is 18.3 Å². The molecule has 1 aromatic rings. The van der Waals surface area contributed by atoms with Crippen molar-refractivity contribution in [2.45, 2.75) is 19.5 Å². The zero-order valence-corrected chi connectivity index (χ0v) is 13.2. The van der Waals surface area contributed by atoms with Crippen molar-refractivity contribution in [3.05, 3.63) is 21.3 Å². The number of piperazine rings is 1. The first-order valence-electron chi connectivity index (χ1n) is 6.11. The highest BCUT2D eigenvalue weighted by Crippen LogP contribution is 2.20. The van der Waals surface area contributed by atoms with Crippen LogP contribution >= 0.6 is 35.3 Å². The summed E-state index contributed by atoms with van der Waals surface area (Å²) < 4.78 is 0.759. The maximum Gasteiger partial charge on any atom is 0.234 e. The number of rotatable bonds is 4. The Hall–Kier alpha value is -0.330. The van der Waals surface area contributed by atoms with Crippen molar-refractivity contribution in [3.63, 3.8) is 0 Å². The highest BCUT2D eigenvalue weighted by atomic mass is 35.5. The molecule has 108 valence electrons. The van der Waals surface area contributed by atoms with Crippen molar-refractivity contribution < 1.29 is 4.79 Å². The van der Waals surface area contributed by atoms with Gasteiger partial charge in [-0.05, 0) is 19.1 Å². The van der Waals surface area contributed by atoms with Crippen LogP contribution in [0.1, 0.15) is 11.8 Å². The lowest BCUT2D eigenvalue weighted by Gasteiger charge is -2.33. The molecule has 1 aromatic heterocycles. The second-order valence-electron chi connectivity index (χ2n) is 4.51. The van der Waals surface area contributed by atoms with Crippen LogP contribution in [0.2, 0.25) is 4.34 Å². The lowest BCUT2D eigenvalue weighted by molar-refractivity contribution is -0.123. The maximum atomic E-state index is 11.8. The van der Waals surface area contributed by atoms with Crippen molar-refractivity contribution in [1.29, 1.82) is 0 Å². The van der Waals surface area contributed by atoms with Crippen molar-refractivity contribution in [2.24, 2.45) is 0 Å². The number of nitrogens with one attached hydrogen (secondary N) is 2. The Balaban J connectivity index is 0.00000180. The smallest absolute Gasteiger partial charge is 0.234 e. The number of halogens is 2. The predicted molar refractivity (Wildman–Crippen MR) is 82.3 cm³/mol. The maximum absolute atomic E-state index is 11.8. The molecule has 1 amide bonds. The van der Waals surface area contributed by atoms with Gasteiger partial charge in [0.25, 0.3) is 0 Å². The lowest BCUT2D eigenvalue weighted by Crippen LogP contribution is -2.52. The van der Waals surface area contributed by atoms with Gasteiger partial charge in [0, 0.05) is 30.6 Å². The quantitative estimate of drug-likeness (QED) is 0.887. The molecule has 0 radical (unpaired) electrons. The van der Waals surface area contributed by atoms with Crippen LogP contribution in [0.25, 0.3) is 0 Å². The van der Waals surface area contributed by atoms with Crippen LogP contribution in [-0.4, -0.2) is 43.0 Å². The summed E-state index contributed by atoms with van der Waals surface area (Å²) in [4.78, 5) is 15.1. The van der Waals surface area contributed by atoms with E-state index in [1.54, 1.807) is 0 Å². The molecular weight excluding hydrogens is 305 g/mol. The van der Waals surface area contributed by atoms with E-state index in [1.807, 2.05) is 12.1 Å². The van der Waals surface area contributed by atoms with Crippen LogP contribution in [0.15, 0.2) is 12.1 Å². The molecule has 1 aliphatic heterocycles. The van der Waals surface area contributed by atoms with Crippen LogP contribution in [-0.2, 0) is 11.3 Å². The largest absolute Gasteiger partial charge is 0.350 e. The number of amides is 1. The van der Waals surface area contributed by atoms with Crippen LogP contribution in [0, 0.1) is 0 Å². The van der Waals surface area contributed by atoms with E-state index in [0.29, 0.717) is 19.1 Å². The minimum absolute atomic E-state index is 0. The minimum atomic E-state index is 0. The first-order chi connectivity index (χ1) is 8.65. The number of carbonyl (C=O) groups excluding carboxylic acids is 1. The fourth-order valence-corrected chi connectivity index (χ4v) is 3.02. The number of thiophene rings is 1. The summed E-state index contributed by atoms with van der Waals surface area (Å²) in [5, 5.41) is 6.24. The Labute approximate surface area is 128 Å². The van der Waals surface area contributed by atoms with Crippen molar-refractivity contribution >= 4 is 41.3 Å². The lowest BCUT2D eigenvalue weighted by atomic mass is 10.2. The molecule has 19 heavy (non-hydrogen) atoms. The summed E-state index contributed by atoms with van der Waals surface area (Å²) in [5.41, 5.74) is 0. The molecule has 2 rings (SSSR count). The number of hydrogen-bond donors (Lipinski definition) is 2. The topological polar surface area (TPSA) is 44.4 Å². The zero-order chi connectivity index (χ0) is 13.0. The number of hydrogen-bond acceptors (Lipinski definition) is 4. The third-order valence-electron chi connectivity index (χ3n) is 3.07. The summed E-state index contributed by atoms with van der Waals surface area (Å²) >= 11 is 7.34. The first kappa shape index (κ1) is 16.7. The van der Waals surface area contributed by atoms with E-state index < -0.39 is 0 Å². The molecule has 0 aromatic carbocycles. The van der Waals surface area contributed by atoms with Gasteiger partial charge >= 0.3 is 0 Å². The molecule has 0 unspecified atom stereocenters. The summed E-state index contributed by atoms with van der Waals surface area (Å²) in [5.74, 6) is 0.0771. The monoisotopic (exact) mass is 323 g/mol. The van der Waals surface area contributed by atoms with Gasteiger partial charge in [-0.15, -0.1) is 23.7 Å². The molecule has 1 saturated heterocycles. The van der Waals surface area contributed by atoms with E-state index in [4.69, 9.17) is 11.6 Å². The van der Waals surface area contributed by atoms with Gasteiger partial charge in [0.2, 0.25) is 5.91 Å². The third kappa shape index (κ3) is 5.28. The van der Waals surface area contributed by atoms with Gasteiger partial charge in [0.15, 0.2) is 0 Å². The molecule has 1 aliphatic rings. The van der Waals surface area contributed by atoms with Gasteiger partial charge in [-0.3, -0.25) is 9.69 Å². The number of carbonyl (C=O) groups is 1. The van der Waals surface area contributed by atoms with E-state index in [2.05, 4.69) is 22.5 Å². The second kappa shape index (κ2) is 8.07. The molecular formula is C12H19Cl2N3OS. The average Bonchev–Trinajstić information content (AvgIpc) is 2.76. The summed E-state index contributed by atoms with van der Waals surface area (Å²) in [6.07, 6.45) is 0. The molecule has 2 N–H and O–H groups in total. The Bertz CT molecular complexity index is 413. The van der Waals surface area contributed by atoms with Gasteiger partial charge in [-0.25, -0.2) is 0 Å². The Kier molecular flexibility index (Phi) is 7.10. The highest BCUT2D eigenvalue weighted by molar-refractivity contribution is 7.16. The summed E-state index contributed by atoms with van der Waals surface area (Å²) in [6, 6.07) is 4.22. The van der Waals surface area contributed by atoms with Gasteiger partial charge < -0.3 is 10.6 Å². The van der Waals surface area contributed by atoms with Crippen LogP contribution in [0.5, 0.6) is 0 Å². The Morgan fingerprint density at radius 2 is 2.42 bits per heavy atom. The fourth-order valence-electron chi connectivity index (χ4n) is 1.99. The Morgan fingerprint density at radius 3 is 3.05 bits per heavy atom. The Morgan fingerprint density at radius 1 is 1.63 bits per heavy atom. The highest BCUT2D eigenvalue weighted by Gasteiger charge is 2.19. The molecule has 0 spiro atoms. The molecule has 1 fully saturated rings. The molecule has 2 heterocycles. The van der Waals surface area contributed by atoms with Crippen LogP contribution in [0.4, 0.5) is 0 Å². The molecule has 7 heteroatoms. The van der Waals surface area contributed by atoms with E-state index in [0.717, 1.165) is 28.8 Å². The first-order valence-corrected chi connectivity index (χ1v) is 7.30. The molecule has 0 bridgehead atoms. The molecule has 4 nitrogen and oxygen atoms in total. The van der Waals surface area contributed by atoms with Gasteiger partial charge in [-0.2, -0.15) is 0 Å². The van der Waals surface area contributed by atoms with E-state index in [9.17, 15) is 4.79 Å². The van der Waals surface area contributed by atoms with Gasteiger partial charge in [0.05, 0.1) is 17.4 Å². The fraction of sp³-hybridized carbons (Fsp3) is 0.583. The van der Waals surface area contributed by atoms with E-state index >= 15 is 0 Å². The zero-order valence-electron chi connectivity index (χ0n) is 10.8. The average molecular weight is 324 g/mol. The van der Waals surface area contributed by atoms with Crippen LogP contribution < -0.4 is 10.6 Å². The van der Waals surface area contributed by atoms with Crippen molar-refractivity contribution in [1.82, 2.24) is 15.5 Å². The normalized spacial score (nSPS) is 19.8.